The van der Waals surface area contributed by atoms with Gasteiger partial charge in [-0.25, -0.2) is 9.97 Å². The van der Waals surface area contributed by atoms with Crippen LogP contribution < -0.4 is 11.1 Å². The van der Waals surface area contributed by atoms with Crippen molar-refractivity contribution in [3.05, 3.63) is 17.4 Å². The van der Waals surface area contributed by atoms with Gasteiger partial charge in [0.25, 0.3) is 0 Å². The summed E-state index contributed by atoms with van der Waals surface area (Å²) in [5, 5.41) is 3.63. The van der Waals surface area contributed by atoms with E-state index in [1.165, 1.54) is 0 Å². The Hall–Kier alpha value is -0.870. The lowest BCUT2D eigenvalue weighted by Crippen LogP contribution is -2.14. The summed E-state index contributed by atoms with van der Waals surface area (Å²) in [6, 6.07) is 0.593. The minimum Gasteiger partial charge on any atom is -0.350 e. The van der Waals surface area contributed by atoms with Crippen molar-refractivity contribution in [2.45, 2.75) is 18.5 Å². The van der Waals surface area contributed by atoms with E-state index in [0.717, 1.165) is 6.42 Å². The van der Waals surface area contributed by atoms with Crippen LogP contribution in [0.4, 0.5) is 5.95 Å². The lowest BCUT2D eigenvalue weighted by atomic mass is 10.6. The van der Waals surface area contributed by atoms with E-state index in [1.807, 2.05) is 0 Å². The van der Waals surface area contributed by atoms with E-state index in [9.17, 15) is 0 Å². The first-order chi connectivity index (χ1) is 5.75. The quantitative estimate of drug-likeness (QED) is 0.708. The van der Waals surface area contributed by atoms with Gasteiger partial charge in [0.2, 0.25) is 5.95 Å². The number of rotatable bonds is 2. The molecule has 1 aliphatic rings. The second-order valence-corrected chi connectivity index (χ2v) is 3.31. The SMILES string of the molecule is NC1CC1Nc1ncc(Cl)cn1. The molecule has 2 atom stereocenters. The molecule has 0 aromatic carbocycles. The zero-order valence-electron chi connectivity index (χ0n) is 6.37. The van der Waals surface area contributed by atoms with Gasteiger partial charge in [0.05, 0.1) is 17.4 Å². The molecule has 0 spiro atoms. The van der Waals surface area contributed by atoms with Crippen molar-refractivity contribution in [1.82, 2.24) is 9.97 Å². The van der Waals surface area contributed by atoms with Crippen LogP contribution >= 0.6 is 11.6 Å². The molecule has 0 aliphatic heterocycles. The fourth-order valence-corrected chi connectivity index (χ4v) is 1.03. The number of anilines is 1. The minimum absolute atomic E-state index is 0.254. The second kappa shape index (κ2) is 2.88. The van der Waals surface area contributed by atoms with Gasteiger partial charge in [-0.05, 0) is 6.42 Å². The summed E-state index contributed by atoms with van der Waals surface area (Å²) in [6.45, 7) is 0. The molecule has 0 radical (unpaired) electrons. The monoisotopic (exact) mass is 184 g/mol. The van der Waals surface area contributed by atoms with E-state index in [-0.39, 0.29) is 6.04 Å². The summed E-state index contributed by atoms with van der Waals surface area (Å²) in [6.07, 6.45) is 4.11. The van der Waals surface area contributed by atoms with Crippen LogP contribution in [0.2, 0.25) is 5.02 Å². The number of nitrogens with two attached hydrogens (primary N) is 1. The van der Waals surface area contributed by atoms with Gasteiger partial charge in [0.15, 0.2) is 0 Å². The summed E-state index contributed by atoms with van der Waals surface area (Å²) in [4.78, 5) is 7.97. The maximum Gasteiger partial charge on any atom is 0.222 e. The molecular formula is C7H9ClN4. The number of nitrogens with zero attached hydrogens (tertiary/aromatic N) is 2. The van der Waals surface area contributed by atoms with Crippen molar-refractivity contribution in [1.29, 1.82) is 0 Å². The predicted octanol–water partition coefficient (Wildman–Crippen LogP) is 0.641. The first kappa shape index (κ1) is 7.76. The third kappa shape index (κ3) is 1.65. The highest BCUT2D eigenvalue weighted by Crippen LogP contribution is 2.21. The molecule has 1 heterocycles. The van der Waals surface area contributed by atoms with Crippen LogP contribution in [0.15, 0.2) is 12.4 Å². The van der Waals surface area contributed by atoms with Crippen LogP contribution in [0.3, 0.4) is 0 Å². The highest BCUT2D eigenvalue weighted by atomic mass is 35.5. The van der Waals surface area contributed by atoms with E-state index < -0.39 is 0 Å². The summed E-state index contributed by atoms with van der Waals surface area (Å²) in [5.41, 5.74) is 5.60. The number of halogens is 1. The molecule has 1 aliphatic carbocycles. The number of hydrogen-bond acceptors (Lipinski definition) is 4. The zero-order chi connectivity index (χ0) is 8.55. The summed E-state index contributed by atoms with van der Waals surface area (Å²) in [5.74, 6) is 0.595. The lowest BCUT2D eigenvalue weighted by Gasteiger charge is -2.00. The molecule has 5 heteroatoms. The molecule has 1 fully saturated rings. The Morgan fingerprint density at radius 2 is 2.08 bits per heavy atom. The van der Waals surface area contributed by atoms with E-state index in [4.69, 9.17) is 17.3 Å². The molecule has 2 unspecified atom stereocenters. The lowest BCUT2D eigenvalue weighted by molar-refractivity contribution is 0.978. The zero-order valence-corrected chi connectivity index (χ0v) is 7.12. The van der Waals surface area contributed by atoms with Crippen molar-refractivity contribution in [3.8, 4) is 0 Å². The molecule has 64 valence electrons. The van der Waals surface area contributed by atoms with E-state index in [0.29, 0.717) is 17.0 Å². The van der Waals surface area contributed by atoms with Gasteiger partial charge in [-0.3, -0.25) is 0 Å². The first-order valence-electron chi connectivity index (χ1n) is 3.75. The molecule has 0 bridgehead atoms. The highest BCUT2D eigenvalue weighted by molar-refractivity contribution is 6.30. The maximum atomic E-state index is 5.62. The fourth-order valence-electron chi connectivity index (χ4n) is 0.933. The second-order valence-electron chi connectivity index (χ2n) is 2.88. The Bertz CT molecular complexity index is 273. The van der Waals surface area contributed by atoms with Crippen molar-refractivity contribution >= 4 is 17.5 Å². The van der Waals surface area contributed by atoms with Crippen LogP contribution in [0, 0.1) is 0 Å². The van der Waals surface area contributed by atoms with Crippen molar-refractivity contribution < 1.29 is 0 Å². The minimum atomic E-state index is 0.254. The van der Waals surface area contributed by atoms with Crippen LogP contribution in [0.1, 0.15) is 6.42 Å². The first-order valence-corrected chi connectivity index (χ1v) is 4.13. The number of nitrogens with one attached hydrogen (secondary N) is 1. The van der Waals surface area contributed by atoms with E-state index in [2.05, 4.69) is 15.3 Å². The van der Waals surface area contributed by atoms with Gasteiger partial charge < -0.3 is 11.1 Å². The highest BCUT2D eigenvalue weighted by Gasteiger charge is 2.33. The van der Waals surface area contributed by atoms with Crippen molar-refractivity contribution in [2.24, 2.45) is 5.73 Å². The molecule has 0 saturated heterocycles. The van der Waals surface area contributed by atoms with Crippen LogP contribution in [0.5, 0.6) is 0 Å². The molecule has 0 amide bonds. The van der Waals surface area contributed by atoms with E-state index >= 15 is 0 Å². The summed E-state index contributed by atoms with van der Waals surface area (Å²) in [7, 11) is 0. The number of hydrogen-bond donors (Lipinski definition) is 2. The average molecular weight is 185 g/mol. The molecule has 1 saturated carbocycles. The van der Waals surface area contributed by atoms with Gasteiger partial charge in [-0.2, -0.15) is 0 Å². The Morgan fingerprint density at radius 3 is 2.58 bits per heavy atom. The predicted molar refractivity (Wildman–Crippen MR) is 47.0 cm³/mol. The van der Waals surface area contributed by atoms with Crippen molar-refractivity contribution in [2.75, 3.05) is 5.32 Å². The van der Waals surface area contributed by atoms with Gasteiger partial charge in [-0.15, -0.1) is 0 Å². The van der Waals surface area contributed by atoms with Gasteiger partial charge in [0, 0.05) is 12.1 Å². The van der Waals surface area contributed by atoms with Gasteiger partial charge >= 0.3 is 0 Å². The normalized spacial score (nSPS) is 26.8. The third-order valence-corrected chi connectivity index (χ3v) is 1.97. The molecule has 12 heavy (non-hydrogen) atoms. The Kier molecular flexibility index (Phi) is 1.86. The van der Waals surface area contributed by atoms with Crippen molar-refractivity contribution in [3.63, 3.8) is 0 Å². The topological polar surface area (TPSA) is 63.8 Å². The maximum absolute atomic E-state index is 5.62. The van der Waals surface area contributed by atoms with Crippen LogP contribution in [-0.2, 0) is 0 Å². The molecule has 3 N–H and O–H groups in total. The molecule has 4 nitrogen and oxygen atoms in total. The third-order valence-electron chi connectivity index (χ3n) is 1.77. The standard InChI is InChI=1S/C7H9ClN4/c8-4-2-10-7(11-3-4)12-6-1-5(6)9/h2-3,5-6H,1,9H2,(H,10,11,12). The van der Waals surface area contributed by atoms with Gasteiger partial charge in [0.1, 0.15) is 0 Å². The van der Waals surface area contributed by atoms with Crippen LogP contribution in [0.25, 0.3) is 0 Å². The largest absolute Gasteiger partial charge is 0.350 e. The Balaban J connectivity index is 2.00. The molecular weight excluding hydrogens is 176 g/mol. The fraction of sp³-hybridized carbons (Fsp3) is 0.429. The van der Waals surface area contributed by atoms with E-state index in [1.54, 1.807) is 12.4 Å². The summed E-state index contributed by atoms with van der Waals surface area (Å²) < 4.78 is 0. The average Bonchev–Trinajstić information content (AvgIpc) is 2.72. The molecule has 1 aromatic rings. The Labute approximate surface area is 75.2 Å². The summed E-state index contributed by atoms with van der Waals surface area (Å²) >= 11 is 5.62. The smallest absolute Gasteiger partial charge is 0.222 e. The molecule has 2 rings (SSSR count). The molecule has 1 aromatic heterocycles. The van der Waals surface area contributed by atoms with Crippen LogP contribution in [-0.4, -0.2) is 22.1 Å². The number of aromatic nitrogens is 2. The van der Waals surface area contributed by atoms with Gasteiger partial charge in [-0.1, -0.05) is 11.6 Å². The Morgan fingerprint density at radius 1 is 1.50 bits per heavy atom.